The molecule has 0 fully saturated rings. The number of hydrogen-bond acceptors (Lipinski definition) is 6. The summed E-state index contributed by atoms with van der Waals surface area (Å²) in [5, 5.41) is 17.3. The molecule has 0 aromatic carbocycles. The number of carboxylic acid groups (broad SMARTS) is 1. The first-order valence-corrected chi connectivity index (χ1v) is 10.9. The molecule has 186 valence electrons. The van der Waals surface area contributed by atoms with E-state index in [2.05, 4.69) is 16.0 Å². The van der Waals surface area contributed by atoms with Crippen LogP contribution in [0.1, 0.15) is 60.8 Å². The van der Waals surface area contributed by atoms with Crippen LogP contribution in [0, 0.1) is 11.3 Å². The first-order valence-electron chi connectivity index (χ1n) is 10.9. The Kier molecular flexibility index (Phi) is 13.8. The van der Waals surface area contributed by atoms with Crippen LogP contribution in [0.15, 0.2) is 0 Å². The second-order valence-corrected chi connectivity index (χ2v) is 9.94. The molecule has 0 aliphatic carbocycles. The van der Waals surface area contributed by atoms with Crippen LogP contribution in [0.2, 0.25) is 0 Å². The SMILES string of the molecule is CC(C)(C)CC(CCC(=O)NCCOCC(=O)NCCOCC(=O)NC(C)(C)C)C(=O)O. The van der Waals surface area contributed by atoms with Crippen molar-refractivity contribution in [3.63, 3.8) is 0 Å². The van der Waals surface area contributed by atoms with Gasteiger partial charge in [-0.3, -0.25) is 19.2 Å². The lowest BCUT2D eigenvalue weighted by atomic mass is 9.83. The highest BCUT2D eigenvalue weighted by atomic mass is 16.5. The fourth-order valence-electron chi connectivity index (χ4n) is 2.81. The van der Waals surface area contributed by atoms with E-state index in [1.54, 1.807) is 0 Å². The van der Waals surface area contributed by atoms with Gasteiger partial charge >= 0.3 is 5.97 Å². The Morgan fingerprint density at radius 1 is 0.812 bits per heavy atom. The highest BCUT2D eigenvalue weighted by Gasteiger charge is 2.25. The molecule has 3 amide bonds. The molecule has 0 bridgehead atoms. The molecule has 0 rings (SSSR count). The van der Waals surface area contributed by atoms with Crippen LogP contribution >= 0.6 is 0 Å². The van der Waals surface area contributed by atoms with Gasteiger partial charge in [-0.25, -0.2) is 0 Å². The molecule has 10 nitrogen and oxygen atoms in total. The van der Waals surface area contributed by atoms with Crippen LogP contribution in [0.3, 0.4) is 0 Å². The number of aliphatic carboxylic acids is 1. The summed E-state index contributed by atoms with van der Waals surface area (Å²) in [6, 6.07) is 0. The van der Waals surface area contributed by atoms with Gasteiger partial charge in [-0.15, -0.1) is 0 Å². The van der Waals surface area contributed by atoms with Crippen molar-refractivity contribution in [2.45, 2.75) is 66.3 Å². The standard InChI is InChI=1S/C22H41N3O7/c1-21(2,3)13-16(20(29)30)7-8-17(26)23-9-11-31-14-18(27)24-10-12-32-15-19(28)25-22(4,5)6/h16H,7-15H2,1-6H3,(H,23,26)(H,24,27)(H,25,28)(H,29,30). The second kappa shape index (κ2) is 14.8. The third-order valence-corrected chi connectivity index (χ3v) is 4.05. The minimum atomic E-state index is -0.888. The van der Waals surface area contributed by atoms with Crippen molar-refractivity contribution in [1.82, 2.24) is 16.0 Å². The maximum atomic E-state index is 11.9. The van der Waals surface area contributed by atoms with Gasteiger partial charge in [0.05, 0.1) is 19.1 Å². The van der Waals surface area contributed by atoms with Crippen LogP contribution in [0.25, 0.3) is 0 Å². The summed E-state index contributed by atoms with van der Waals surface area (Å²) >= 11 is 0. The van der Waals surface area contributed by atoms with Crippen LogP contribution in [0.4, 0.5) is 0 Å². The Hall–Kier alpha value is -2.20. The van der Waals surface area contributed by atoms with Crippen LogP contribution in [-0.2, 0) is 28.7 Å². The molecule has 0 saturated carbocycles. The lowest BCUT2D eigenvalue weighted by Crippen LogP contribution is -2.42. The molecule has 0 radical (unpaired) electrons. The smallest absolute Gasteiger partial charge is 0.306 e. The zero-order chi connectivity index (χ0) is 24.8. The van der Waals surface area contributed by atoms with Gasteiger partial charge in [0.1, 0.15) is 13.2 Å². The number of ether oxygens (including phenoxy) is 2. The summed E-state index contributed by atoms with van der Waals surface area (Å²) in [5.74, 6) is -2.24. The van der Waals surface area contributed by atoms with E-state index < -0.39 is 11.9 Å². The van der Waals surface area contributed by atoms with Crippen LogP contribution < -0.4 is 16.0 Å². The number of carboxylic acids is 1. The molecule has 0 saturated heterocycles. The Morgan fingerprint density at radius 2 is 1.31 bits per heavy atom. The summed E-state index contributed by atoms with van der Waals surface area (Å²) in [4.78, 5) is 46.4. The highest BCUT2D eigenvalue weighted by Crippen LogP contribution is 2.27. The quantitative estimate of drug-likeness (QED) is 0.268. The maximum Gasteiger partial charge on any atom is 0.306 e. The normalized spacial score (nSPS) is 12.7. The average Bonchev–Trinajstić information content (AvgIpc) is 2.62. The molecule has 1 atom stereocenters. The van der Waals surface area contributed by atoms with E-state index in [1.165, 1.54) is 0 Å². The zero-order valence-corrected chi connectivity index (χ0v) is 20.3. The zero-order valence-electron chi connectivity index (χ0n) is 20.3. The summed E-state index contributed by atoms with van der Waals surface area (Å²) in [6.07, 6.45) is 0.909. The van der Waals surface area contributed by atoms with Gasteiger partial charge in [-0.05, 0) is 39.0 Å². The fraction of sp³-hybridized carbons (Fsp3) is 0.818. The molecule has 0 heterocycles. The molecule has 0 aliphatic heterocycles. The van der Waals surface area contributed by atoms with Gasteiger partial charge in [-0.1, -0.05) is 20.8 Å². The highest BCUT2D eigenvalue weighted by molar-refractivity contribution is 5.78. The minimum Gasteiger partial charge on any atom is -0.481 e. The Morgan fingerprint density at radius 3 is 1.78 bits per heavy atom. The number of amides is 3. The average molecular weight is 460 g/mol. The monoisotopic (exact) mass is 459 g/mol. The van der Waals surface area contributed by atoms with Gasteiger partial charge in [0, 0.05) is 25.0 Å². The van der Waals surface area contributed by atoms with E-state index >= 15 is 0 Å². The predicted octanol–water partition coefficient (Wildman–Crippen LogP) is 1.08. The maximum absolute atomic E-state index is 11.9. The van der Waals surface area contributed by atoms with Gasteiger partial charge in [0.25, 0.3) is 0 Å². The predicted molar refractivity (Wildman–Crippen MR) is 120 cm³/mol. The Labute approximate surface area is 191 Å². The van der Waals surface area contributed by atoms with Gasteiger partial charge in [0.15, 0.2) is 0 Å². The number of rotatable bonds is 15. The summed E-state index contributed by atoms with van der Waals surface area (Å²) in [5.41, 5.74) is -0.445. The van der Waals surface area contributed by atoms with Crippen molar-refractivity contribution in [3.8, 4) is 0 Å². The minimum absolute atomic E-state index is 0.0766. The molecule has 0 aliphatic rings. The molecular formula is C22H41N3O7. The molecule has 1 unspecified atom stereocenters. The molecule has 32 heavy (non-hydrogen) atoms. The molecule has 0 aromatic heterocycles. The van der Waals surface area contributed by atoms with E-state index in [9.17, 15) is 24.3 Å². The lowest BCUT2D eigenvalue weighted by molar-refractivity contribution is -0.143. The molecule has 0 aromatic rings. The van der Waals surface area contributed by atoms with Gasteiger partial charge < -0.3 is 30.5 Å². The van der Waals surface area contributed by atoms with Crippen molar-refractivity contribution >= 4 is 23.7 Å². The van der Waals surface area contributed by atoms with Crippen molar-refractivity contribution in [3.05, 3.63) is 0 Å². The Bertz CT molecular complexity index is 610. The van der Waals surface area contributed by atoms with Gasteiger partial charge in [0.2, 0.25) is 17.7 Å². The van der Waals surface area contributed by atoms with Crippen molar-refractivity contribution in [2.24, 2.45) is 11.3 Å². The molecular weight excluding hydrogens is 418 g/mol. The molecule has 0 spiro atoms. The summed E-state index contributed by atoms with van der Waals surface area (Å²) in [7, 11) is 0. The topological polar surface area (TPSA) is 143 Å². The first-order chi connectivity index (χ1) is 14.7. The second-order valence-electron chi connectivity index (χ2n) is 9.94. The summed E-state index contributed by atoms with van der Waals surface area (Å²) in [6.45, 7) is 12.1. The number of hydrogen-bond donors (Lipinski definition) is 4. The van der Waals surface area contributed by atoms with Crippen molar-refractivity contribution < 1.29 is 33.8 Å². The van der Waals surface area contributed by atoms with Crippen molar-refractivity contribution in [1.29, 1.82) is 0 Å². The van der Waals surface area contributed by atoms with E-state index in [0.717, 1.165) is 0 Å². The van der Waals surface area contributed by atoms with E-state index in [1.807, 2.05) is 41.5 Å². The van der Waals surface area contributed by atoms with Crippen molar-refractivity contribution in [2.75, 3.05) is 39.5 Å². The van der Waals surface area contributed by atoms with E-state index in [0.29, 0.717) is 6.42 Å². The third-order valence-electron chi connectivity index (χ3n) is 4.05. The third kappa shape index (κ3) is 18.6. The molecule has 10 heteroatoms. The van der Waals surface area contributed by atoms with E-state index in [4.69, 9.17) is 9.47 Å². The van der Waals surface area contributed by atoms with Crippen LogP contribution in [0.5, 0.6) is 0 Å². The number of nitrogens with one attached hydrogen (secondary N) is 3. The van der Waals surface area contributed by atoms with Gasteiger partial charge in [-0.2, -0.15) is 0 Å². The number of carbonyl (C=O) groups is 4. The fourth-order valence-corrected chi connectivity index (χ4v) is 2.81. The largest absolute Gasteiger partial charge is 0.481 e. The van der Waals surface area contributed by atoms with Crippen LogP contribution in [-0.4, -0.2) is 73.9 Å². The first kappa shape index (κ1) is 29.8. The van der Waals surface area contributed by atoms with E-state index in [-0.39, 0.29) is 81.0 Å². The summed E-state index contributed by atoms with van der Waals surface area (Å²) < 4.78 is 10.4. The number of carbonyl (C=O) groups excluding carboxylic acids is 3. The Balaban J connectivity index is 3.78. The molecule has 4 N–H and O–H groups in total. The lowest BCUT2D eigenvalue weighted by Gasteiger charge is -2.23.